The van der Waals surface area contributed by atoms with E-state index in [9.17, 15) is 24.0 Å². The highest BCUT2D eigenvalue weighted by atomic mass is 32.2. The summed E-state index contributed by atoms with van der Waals surface area (Å²) in [5.41, 5.74) is 5.80. The lowest BCUT2D eigenvalue weighted by Gasteiger charge is -2.27. The molecule has 49 heavy (non-hydrogen) atoms. The second-order valence-electron chi connectivity index (χ2n) is 11.2. The van der Waals surface area contributed by atoms with Gasteiger partial charge in [0.2, 0.25) is 11.8 Å². The van der Waals surface area contributed by atoms with E-state index in [-0.39, 0.29) is 43.5 Å². The van der Waals surface area contributed by atoms with Gasteiger partial charge in [-0.15, -0.1) is 0 Å². The standard InChI is InChI=1S/C37H46N3O7PS/c1-3-46-34(42)26-39-36(44)32(40-33(41)24-23-31(38)37(45)47-4-2)27-49-35(43)22-14-15-25-48(28-16-8-5-9-17-28,29-18-10-6-11-19-29)30-20-12-7-13-21-30/h5-13,16-21,31-32H,3-4,14-15,22-27,38H2,1-2H3,(H-,39,40,41,44)/p+1. The first-order valence-electron chi connectivity index (χ1n) is 16.6. The van der Waals surface area contributed by atoms with Gasteiger partial charge in [-0.3, -0.25) is 24.0 Å². The Balaban J connectivity index is 1.64. The maximum atomic E-state index is 13.1. The number of carbonyl (C=O) groups excluding carboxylic acids is 5. The number of amides is 2. The van der Waals surface area contributed by atoms with Gasteiger partial charge in [0, 0.05) is 18.6 Å². The fraction of sp³-hybridized carbons (Fsp3) is 0.378. The zero-order valence-corrected chi connectivity index (χ0v) is 29.9. The number of nitrogens with one attached hydrogen (secondary N) is 2. The van der Waals surface area contributed by atoms with Gasteiger partial charge in [0.15, 0.2) is 5.12 Å². The van der Waals surface area contributed by atoms with E-state index in [4.69, 9.17) is 15.2 Å². The monoisotopic (exact) mass is 708 g/mol. The first-order chi connectivity index (χ1) is 23.7. The minimum absolute atomic E-state index is 0.0208. The van der Waals surface area contributed by atoms with Crippen LogP contribution < -0.4 is 32.3 Å². The summed E-state index contributed by atoms with van der Waals surface area (Å²) in [4.78, 5) is 62.4. The van der Waals surface area contributed by atoms with Gasteiger partial charge in [-0.05, 0) is 69.5 Å². The van der Waals surface area contributed by atoms with Gasteiger partial charge >= 0.3 is 11.9 Å². The summed E-state index contributed by atoms with van der Waals surface area (Å²) in [6.45, 7) is 3.26. The number of thioether (sulfide) groups is 1. The van der Waals surface area contributed by atoms with Gasteiger partial charge in [-0.25, -0.2) is 0 Å². The summed E-state index contributed by atoms with van der Waals surface area (Å²) < 4.78 is 9.74. The van der Waals surface area contributed by atoms with Crippen molar-refractivity contribution in [2.75, 3.05) is 31.7 Å². The summed E-state index contributed by atoms with van der Waals surface area (Å²) in [7, 11) is -2.01. The van der Waals surface area contributed by atoms with Gasteiger partial charge in [-0.2, -0.15) is 0 Å². The molecule has 12 heteroatoms. The molecule has 0 aromatic heterocycles. The Morgan fingerprint density at radius 2 is 1.29 bits per heavy atom. The molecule has 0 aliphatic rings. The number of esters is 2. The summed E-state index contributed by atoms with van der Waals surface area (Å²) in [5, 5.41) is 8.82. The van der Waals surface area contributed by atoms with E-state index in [2.05, 4.69) is 83.4 Å². The molecule has 2 amide bonds. The van der Waals surface area contributed by atoms with Crippen LogP contribution in [0.4, 0.5) is 0 Å². The lowest BCUT2D eigenvalue weighted by atomic mass is 10.1. The predicted octanol–water partition coefficient (Wildman–Crippen LogP) is 3.25. The molecule has 0 heterocycles. The molecule has 0 saturated carbocycles. The van der Waals surface area contributed by atoms with Crippen LogP contribution in [0.2, 0.25) is 0 Å². The summed E-state index contributed by atoms with van der Waals surface area (Å²) >= 11 is 0.962. The maximum Gasteiger partial charge on any atom is 0.325 e. The van der Waals surface area contributed by atoms with Crippen molar-refractivity contribution in [3.63, 3.8) is 0 Å². The largest absolute Gasteiger partial charge is 0.465 e. The molecule has 0 aliphatic carbocycles. The van der Waals surface area contributed by atoms with Crippen LogP contribution in [0.15, 0.2) is 91.0 Å². The van der Waals surface area contributed by atoms with Crippen LogP contribution in [0, 0.1) is 0 Å². The summed E-state index contributed by atoms with van der Waals surface area (Å²) in [6, 6.07) is 29.6. The fourth-order valence-electron chi connectivity index (χ4n) is 5.35. The Bertz CT molecular complexity index is 1400. The number of unbranched alkanes of at least 4 members (excludes halogenated alkanes) is 1. The Morgan fingerprint density at radius 1 is 0.755 bits per heavy atom. The quantitative estimate of drug-likeness (QED) is 0.0912. The third kappa shape index (κ3) is 12.4. The second kappa shape index (κ2) is 21.1. The first kappa shape index (κ1) is 39.4. The molecule has 0 spiro atoms. The van der Waals surface area contributed by atoms with Gasteiger partial charge in [-0.1, -0.05) is 66.4 Å². The highest BCUT2D eigenvalue weighted by Crippen LogP contribution is 2.56. The van der Waals surface area contributed by atoms with Crippen LogP contribution in [0.25, 0.3) is 0 Å². The molecule has 3 aromatic carbocycles. The highest BCUT2D eigenvalue weighted by molar-refractivity contribution is 8.13. The molecule has 2 unspecified atom stereocenters. The smallest absolute Gasteiger partial charge is 0.325 e. The van der Waals surface area contributed by atoms with Crippen LogP contribution in [-0.4, -0.2) is 72.6 Å². The van der Waals surface area contributed by atoms with Crippen molar-refractivity contribution >= 4 is 63.8 Å². The zero-order chi connectivity index (χ0) is 35.5. The zero-order valence-electron chi connectivity index (χ0n) is 28.2. The number of carbonyl (C=O) groups is 5. The third-order valence-electron chi connectivity index (χ3n) is 7.76. The van der Waals surface area contributed by atoms with Crippen molar-refractivity contribution in [3.8, 4) is 0 Å². The third-order valence-corrected chi connectivity index (χ3v) is 13.3. The number of rotatable bonds is 20. The summed E-state index contributed by atoms with van der Waals surface area (Å²) in [6.07, 6.45) is 2.52. The average molecular weight is 709 g/mol. The SMILES string of the molecule is CCOC(=O)CNC(=O)C(CSC(=O)CCCC[P+](c1ccccc1)(c1ccccc1)c1ccccc1)NC(=O)CCC(N)C(=O)OCC. The Kier molecular flexibility index (Phi) is 17.0. The Morgan fingerprint density at radius 3 is 1.80 bits per heavy atom. The molecule has 0 fully saturated rings. The van der Waals surface area contributed by atoms with Crippen molar-refractivity contribution in [1.29, 1.82) is 0 Å². The van der Waals surface area contributed by atoms with Crippen molar-refractivity contribution in [3.05, 3.63) is 91.0 Å². The van der Waals surface area contributed by atoms with Gasteiger partial charge < -0.3 is 25.8 Å². The van der Waals surface area contributed by atoms with E-state index >= 15 is 0 Å². The molecule has 0 bridgehead atoms. The van der Waals surface area contributed by atoms with E-state index in [1.807, 2.05) is 18.2 Å². The first-order valence-corrected chi connectivity index (χ1v) is 19.5. The molecule has 3 aromatic rings. The van der Waals surface area contributed by atoms with E-state index in [1.54, 1.807) is 13.8 Å². The number of benzene rings is 3. The summed E-state index contributed by atoms with van der Waals surface area (Å²) in [5.74, 6) is -2.41. The van der Waals surface area contributed by atoms with Crippen molar-refractivity contribution in [1.82, 2.24) is 10.6 Å². The van der Waals surface area contributed by atoms with Crippen LogP contribution in [-0.2, 0) is 33.4 Å². The van der Waals surface area contributed by atoms with E-state index in [0.29, 0.717) is 12.8 Å². The van der Waals surface area contributed by atoms with Crippen molar-refractivity contribution < 1.29 is 33.4 Å². The van der Waals surface area contributed by atoms with E-state index < -0.39 is 43.1 Å². The topological polar surface area (TPSA) is 154 Å². The normalized spacial score (nSPS) is 12.3. The maximum absolute atomic E-state index is 13.1. The van der Waals surface area contributed by atoms with Crippen LogP contribution in [0.5, 0.6) is 0 Å². The molecule has 3 rings (SSSR count). The van der Waals surface area contributed by atoms with E-state index in [0.717, 1.165) is 24.3 Å². The van der Waals surface area contributed by atoms with Crippen molar-refractivity contribution in [2.24, 2.45) is 5.73 Å². The number of hydrogen-bond donors (Lipinski definition) is 3. The Hall–Kier alpha value is -4.05. The molecule has 262 valence electrons. The molecular formula is C37H47N3O7PS+. The molecule has 2 atom stereocenters. The molecular weight excluding hydrogens is 661 g/mol. The predicted molar refractivity (Wildman–Crippen MR) is 197 cm³/mol. The van der Waals surface area contributed by atoms with E-state index in [1.165, 1.54) is 15.9 Å². The van der Waals surface area contributed by atoms with Gasteiger partial charge in [0.05, 0.1) is 19.4 Å². The molecule has 0 aliphatic heterocycles. The highest BCUT2D eigenvalue weighted by Gasteiger charge is 2.44. The lowest BCUT2D eigenvalue weighted by molar-refractivity contribution is -0.145. The Labute approximate surface area is 293 Å². The van der Waals surface area contributed by atoms with Crippen LogP contribution in [0.3, 0.4) is 0 Å². The lowest BCUT2D eigenvalue weighted by Crippen LogP contribution is -2.49. The number of hydrogen-bond acceptors (Lipinski definition) is 9. The molecule has 10 nitrogen and oxygen atoms in total. The van der Waals surface area contributed by atoms with Crippen molar-refractivity contribution in [2.45, 2.75) is 58.0 Å². The second-order valence-corrected chi connectivity index (χ2v) is 15.9. The number of nitrogens with two attached hydrogens (primary N) is 1. The minimum Gasteiger partial charge on any atom is -0.465 e. The minimum atomic E-state index is -2.01. The molecule has 0 saturated heterocycles. The van der Waals surface area contributed by atoms with Gasteiger partial charge in [0.25, 0.3) is 0 Å². The number of ether oxygens (including phenoxy) is 2. The van der Waals surface area contributed by atoms with Crippen LogP contribution >= 0.6 is 19.0 Å². The fourth-order valence-corrected chi connectivity index (χ4v) is 10.6. The molecule has 0 radical (unpaired) electrons. The average Bonchev–Trinajstić information content (AvgIpc) is 3.12. The molecule has 4 N–H and O–H groups in total. The van der Waals surface area contributed by atoms with Gasteiger partial charge in [0.1, 0.15) is 41.8 Å². The van der Waals surface area contributed by atoms with Crippen LogP contribution in [0.1, 0.15) is 46.0 Å².